The summed E-state index contributed by atoms with van der Waals surface area (Å²) < 4.78 is 14.7. The molecule has 2 rings (SSSR count). The first-order chi connectivity index (χ1) is 13.3. The molecule has 2 aromatic rings. The van der Waals surface area contributed by atoms with Crippen LogP contribution in [0.3, 0.4) is 0 Å². The van der Waals surface area contributed by atoms with Crippen molar-refractivity contribution in [1.29, 1.82) is 0 Å². The van der Waals surface area contributed by atoms with Gasteiger partial charge in [0.25, 0.3) is 5.91 Å². The standard InChI is InChI=1S/C19H24N4O4S/c1-6-26-19(25)20-18-16(13(5)23-28-18)12(4)21-22-17(24)14-7-9-15(10-8-14)27-11(2)3/h7-11H,6H2,1-5H3,(H,20,25)(H,22,24)/b21-12+. The molecule has 2 amide bonds. The van der Waals surface area contributed by atoms with Gasteiger partial charge in [-0.15, -0.1) is 0 Å². The minimum atomic E-state index is -0.562. The Morgan fingerprint density at radius 1 is 1.25 bits per heavy atom. The molecule has 0 fully saturated rings. The van der Waals surface area contributed by atoms with Crippen molar-refractivity contribution in [2.24, 2.45) is 5.10 Å². The zero-order chi connectivity index (χ0) is 20.7. The number of hydrazone groups is 1. The van der Waals surface area contributed by atoms with Gasteiger partial charge in [0.15, 0.2) is 0 Å². The molecule has 1 aromatic heterocycles. The second kappa shape index (κ2) is 9.84. The molecule has 28 heavy (non-hydrogen) atoms. The molecule has 0 saturated carbocycles. The Balaban J connectivity index is 2.08. The number of hydrogen-bond acceptors (Lipinski definition) is 7. The Kier molecular flexibility index (Phi) is 7.51. The number of benzene rings is 1. The van der Waals surface area contributed by atoms with Crippen molar-refractivity contribution in [3.8, 4) is 5.75 Å². The van der Waals surface area contributed by atoms with Crippen LogP contribution in [0.2, 0.25) is 0 Å². The molecule has 9 heteroatoms. The van der Waals surface area contributed by atoms with Gasteiger partial charge in [0.2, 0.25) is 0 Å². The summed E-state index contributed by atoms with van der Waals surface area (Å²) in [6.45, 7) is 9.39. The molecule has 1 heterocycles. The Morgan fingerprint density at radius 3 is 2.54 bits per heavy atom. The van der Waals surface area contributed by atoms with E-state index in [0.717, 1.165) is 11.5 Å². The van der Waals surface area contributed by atoms with Crippen molar-refractivity contribution >= 4 is 34.2 Å². The van der Waals surface area contributed by atoms with Crippen molar-refractivity contribution in [2.45, 2.75) is 40.7 Å². The van der Waals surface area contributed by atoms with Crippen molar-refractivity contribution in [1.82, 2.24) is 9.80 Å². The van der Waals surface area contributed by atoms with Crippen molar-refractivity contribution in [3.05, 3.63) is 41.1 Å². The Bertz CT molecular complexity index is 859. The van der Waals surface area contributed by atoms with Gasteiger partial charge in [-0.05, 0) is 70.4 Å². The fourth-order valence-corrected chi connectivity index (χ4v) is 3.19. The number of nitrogens with zero attached hydrogens (tertiary/aromatic N) is 2. The number of aryl methyl sites for hydroxylation is 1. The predicted molar refractivity (Wildman–Crippen MR) is 109 cm³/mol. The SMILES string of the molecule is CCOC(=O)Nc1snc(C)c1/C(C)=N/NC(=O)c1ccc(OC(C)C)cc1. The molecule has 0 radical (unpaired) electrons. The number of amides is 2. The second-order valence-electron chi connectivity index (χ2n) is 6.15. The maximum atomic E-state index is 12.3. The molecule has 0 spiro atoms. The maximum absolute atomic E-state index is 12.3. The van der Waals surface area contributed by atoms with Crippen molar-refractivity contribution in [3.63, 3.8) is 0 Å². The number of hydrogen-bond donors (Lipinski definition) is 2. The molecule has 0 atom stereocenters. The van der Waals surface area contributed by atoms with Gasteiger partial charge in [-0.3, -0.25) is 10.1 Å². The minimum absolute atomic E-state index is 0.0619. The first-order valence-electron chi connectivity index (χ1n) is 8.83. The van der Waals surface area contributed by atoms with Crippen LogP contribution in [0.5, 0.6) is 5.75 Å². The largest absolute Gasteiger partial charge is 0.491 e. The fourth-order valence-electron chi connectivity index (χ4n) is 2.35. The fraction of sp³-hybridized carbons (Fsp3) is 0.368. The highest BCUT2D eigenvalue weighted by Crippen LogP contribution is 2.25. The van der Waals surface area contributed by atoms with E-state index in [9.17, 15) is 9.59 Å². The Hall–Kier alpha value is -2.94. The van der Waals surface area contributed by atoms with Crippen LogP contribution in [0.15, 0.2) is 29.4 Å². The van der Waals surface area contributed by atoms with E-state index in [1.165, 1.54) is 0 Å². The van der Waals surface area contributed by atoms with E-state index in [2.05, 4.69) is 20.2 Å². The second-order valence-corrected chi connectivity index (χ2v) is 6.92. The van der Waals surface area contributed by atoms with Crippen LogP contribution < -0.4 is 15.5 Å². The lowest BCUT2D eigenvalue weighted by Crippen LogP contribution is -2.20. The zero-order valence-electron chi connectivity index (χ0n) is 16.5. The topological polar surface area (TPSA) is 102 Å². The number of carbonyl (C=O) groups excluding carboxylic acids is 2. The molecule has 0 aliphatic carbocycles. The van der Waals surface area contributed by atoms with Crippen LogP contribution >= 0.6 is 11.5 Å². The number of anilines is 1. The van der Waals surface area contributed by atoms with Gasteiger partial charge in [-0.2, -0.15) is 9.47 Å². The summed E-state index contributed by atoms with van der Waals surface area (Å²) in [5.74, 6) is 0.345. The van der Waals surface area contributed by atoms with Gasteiger partial charge >= 0.3 is 6.09 Å². The van der Waals surface area contributed by atoms with E-state index in [1.807, 2.05) is 13.8 Å². The number of aromatic nitrogens is 1. The van der Waals surface area contributed by atoms with E-state index >= 15 is 0 Å². The molecule has 0 aliphatic rings. The zero-order valence-corrected chi connectivity index (χ0v) is 17.3. The number of nitrogens with one attached hydrogen (secondary N) is 2. The minimum Gasteiger partial charge on any atom is -0.491 e. The van der Waals surface area contributed by atoms with Crippen LogP contribution in [-0.4, -0.2) is 34.8 Å². The van der Waals surface area contributed by atoms with Crippen LogP contribution in [0.1, 0.15) is 49.3 Å². The van der Waals surface area contributed by atoms with Gasteiger partial charge in [0, 0.05) is 5.56 Å². The lowest BCUT2D eigenvalue weighted by Gasteiger charge is -2.10. The summed E-state index contributed by atoms with van der Waals surface area (Å²) in [4.78, 5) is 24.0. The number of ether oxygens (including phenoxy) is 2. The third kappa shape index (κ3) is 5.78. The summed E-state index contributed by atoms with van der Waals surface area (Å²) in [5.41, 5.74) is 4.85. The van der Waals surface area contributed by atoms with E-state index in [-0.39, 0.29) is 18.6 Å². The van der Waals surface area contributed by atoms with Crippen LogP contribution in [0, 0.1) is 6.92 Å². The van der Waals surface area contributed by atoms with E-state index in [4.69, 9.17) is 9.47 Å². The third-order valence-corrected chi connectivity index (χ3v) is 4.38. The summed E-state index contributed by atoms with van der Waals surface area (Å²) in [7, 11) is 0. The van der Waals surface area contributed by atoms with Gasteiger partial charge in [-0.25, -0.2) is 10.2 Å². The van der Waals surface area contributed by atoms with Gasteiger partial charge < -0.3 is 9.47 Å². The lowest BCUT2D eigenvalue weighted by molar-refractivity contribution is 0.0954. The van der Waals surface area contributed by atoms with Crippen molar-refractivity contribution < 1.29 is 19.1 Å². The summed E-state index contributed by atoms with van der Waals surface area (Å²) in [6, 6.07) is 6.81. The third-order valence-electron chi connectivity index (χ3n) is 3.53. The van der Waals surface area contributed by atoms with E-state index in [1.54, 1.807) is 45.0 Å². The molecule has 1 aromatic carbocycles. The Morgan fingerprint density at radius 2 is 1.93 bits per heavy atom. The number of carbonyl (C=O) groups is 2. The van der Waals surface area contributed by atoms with Gasteiger partial charge in [-0.1, -0.05) is 0 Å². The Labute approximate surface area is 168 Å². The van der Waals surface area contributed by atoms with E-state index in [0.29, 0.717) is 33.3 Å². The molecule has 0 unspecified atom stereocenters. The van der Waals surface area contributed by atoms with Gasteiger partial charge in [0.05, 0.1) is 29.7 Å². The highest BCUT2D eigenvalue weighted by Gasteiger charge is 2.17. The molecule has 8 nitrogen and oxygen atoms in total. The van der Waals surface area contributed by atoms with Crippen LogP contribution in [0.25, 0.3) is 0 Å². The molecular formula is C19H24N4O4S. The monoisotopic (exact) mass is 404 g/mol. The quantitative estimate of drug-likeness (QED) is 0.537. The lowest BCUT2D eigenvalue weighted by atomic mass is 10.1. The summed E-state index contributed by atoms with van der Waals surface area (Å²) in [6.07, 6.45) is -0.500. The summed E-state index contributed by atoms with van der Waals surface area (Å²) >= 11 is 1.13. The van der Waals surface area contributed by atoms with Crippen molar-refractivity contribution in [2.75, 3.05) is 11.9 Å². The first kappa shape index (κ1) is 21.4. The van der Waals surface area contributed by atoms with E-state index < -0.39 is 6.09 Å². The molecule has 2 N–H and O–H groups in total. The molecule has 0 bridgehead atoms. The van der Waals surface area contributed by atoms with Crippen LogP contribution in [0.4, 0.5) is 9.80 Å². The first-order valence-corrected chi connectivity index (χ1v) is 9.60. The number of rotatable bonds is 7. The van der Waals surface area contributed by atoms with Gasteiger partial charge in [0.1, 0.15) is 10.8 Å². The summed E-state index contributed by atoms with van der Waals surface area (Å²) in [5, 5.41) is 7.31. The molecule has 0 saturated heterocycles. The molecule has 150 valence electrons. The average molecular weight is 404 g/mol. The smallest absolute Gasteiger partial charge is 0.412 e. The van der Waals surface area contributed by atoms with Crippen LogP contribution in [-0.2, 0) is 4.74 Å². The normalized spacial score (nSPS) is 11.3. The predicted octanol–water partition coefficient (Wildman–Crippen LogP) is 3.96. The molecule has 0 aliphatic heterocycles. The highest BCUT2D eigenvalue weighted by atomic mass is 32.1. The highest BCUT2D eigenvalue weighted by molar-refractivity contribution is 7.11. The average Bonchev–Trinajstić information content (AvgIpc) is 3.00. The molecular weight excluding hydrogens is 380 g/mol. The maximum Gasteiger partial charge on any atom is 0.412 e.